The van der Waals surface area contributed by atoms with Gasteiger partial charge in [-0.1, -0.05) is 13.3 Å². The Morgan fingerprint density at radius 2 is 1.82 bits per heavy atom. The number of aliphatic carboxylic acids is 1. The molecular formula is C22H21Br2NO3. The molecule has 0 fully saturated rings. The van der Waals surface area contributed by atoms with E-state index in [4.69, 9.17) is 14.8 Å². The van der Waals surface area contributed by atoms with Crippen molar-refractivity contribution < 1.29 is 14.6 Å². The highest BCUT2D eigenvalue weighted by Gasteiger charge is 2.12. The van der Waals surface area contributed by atoms with Gasteiger partial charge in [0, 0.05) is 17.5 Å². The smallest absolute Gasteiger partial charge is 0.303 e. The van der Waals surface area contributed by atoms with E-state index in [1.807, 2.05) is 30.3 Å². The molecule has 1 heterocycles. The highest BCUT2D eigenvalue weighted by molar-refractivity contribution is 9.11. The predicted octanol–water partition coefficient (Wildman–Crippen LogP) is 6.83. The summed E-state index contributed by atoms with van der Waals surface area (Å²) in [5.41, 5.74) is 4.19. The van der Waals surface area contributed by atoms with E-state index < -0.39 is 5.97 Å². The van der Waals surface area contributed by atoms with Crippen molar-refractivity contribution >= 4 is 48.7 Å². The van der Waals surface area contributed by atoms with E-state index in [1.165, 1.54) is 5.56 Å². The lowest BCUT2D eigenvalue weighted by molar-refractivity contribution is -0.136. The third kappa shape index (κ3) is 4.92. The molecule has 2 aromatic carbocycles. The molecule has 0 radical (unpaired) electrons. The molecule has 3 rings (SSSR count). The fourth-order valence-electron chi connectivity index (χ4n) is 3.11. The standard InChI is InChI=1S/C22H21Br2NO3/c1-3-4-15-9-13(2)17-12-16(6-7-20(17)25-15)28-22-18(23)10-14(11-19(22)24)5-8-21(26)27/h6-7,9-12H,3-5,8H2,1-2H3,(H,26,27). The minimum atomic E-state index is -0.810. The zero-order valence-corrected chi connectivity index (χ0v) is 18.9. The number of benzene rings is 2. The molecule has 4 nitrogen and oxygen atoms in total. The zero-order valence-electron chi connectivity index (χ0n) is 15.8. The largest absolute Gasteiger partial charge is 0.481 e. The first-order valence-electron chi connectivity index (χ1n) is 9.15. The van der Waals surface area contributed by atoms with Crippen LogP contribution in [0.4, 0.5) is 0 Å². The highest BCUT2D eigenvalue weighted by atomic mass is 79.9. The van der Waals surface area contributed by atoms with Gasteiger partial charge >= 0.3 is 5.97 Å². The maximum atomic E-state index is 10.8. The fourth-order valence-corrected chi connectivity index (χ4v) is 4.56. The Morgan fingerprint density at radius 3 is 2.46 bits per heavy atom. The van der Waals surface area contributed by atoms with Crippen LogP contribution >= 0.6 is 31.9 Å². The number of pyridine rings is 1. The second-order valence-electron chi connectivity index (χ2n) is 6.74. The zero-order chi connectivity index (χ0) is 20.3. The summed E-state index contributed by atoms with van der Waals surface area (Å²) < 4.78 is 7.67. The molecule has 0 aliphatic heterocycles. The van der Waals surface area contributed by atoms with Crippen LogP contribution in [0.1, 0.15) is 36.6 Å². The lowest BCUT2D eigenvalue weighted by Gasteiger charge is -2.13. The first-order valence-corrected chi connectivity index (χ1v) is 10.7. The number of carboxylic acids is 1. The van der Waals surface area contributed by atoms with Crippen molar-refractivity contribution in [3.63, 3.8) is 0 Å². The first-order chi connectivity index (χ1) is 13.4. The number of fused-ring (bicyclic) bond motifs is 1. The van der Waals surface area contributed by atoms with Gasteiger partial charge in [0.05, 0.1) is 14.5 Å². The van der Waals surface area contributed by atoms with E-state index in [1.54, 1.807) is 0 Å². The Bertz CT molecular complexity index is 1010. The minimum Gasteiger partial charge on any atom is -0.481 e. The number of nitrogens with zero attached hydrogens (tertiary/aromatic N) is 1. The number of aryl methyl sites for hydroxylation is 3. The van der Waals surface area contributed by atoms with Gasteiger partial charge in [-0.25, -0.2) is 0 Å². The lowest BCUT2D eigenvalue weighted by Crippen LogP contribution is -1.98. The summed E-state index contributed by atoms with van der Waals surface area (Å²) in [6.45, 7) is 4.25. The molecule has 0 aliphatic rings. The number of aromatic nitrogens is 1. The van der Waals surface area contributed by atoms with Crippen LogP contribution in [0.15, 0.2) is 45.3 Å². The van der Waals surface area contributed by atoms with Gasteiger partial charge in [-0.15, -0.1) is 0 Å². The van der Waals surface area contributed by atoms with E-state index in [0.29, 0.717) is 12.2 Å². The average Bonchev–Trinajstić information content (AvgIpc) is 2.63. The second-order valence-corrected chi connectivity index (χ2v) is 8.45. The van der Waals surface area contributed by atoms with Gasteiger partial charge in [-0.05, 0) is 99.2 Å². The molecule has 0 saturated carbocycles. The molecule has 1 aromatic heterocycles. The lowest BCUT2D eigenvalue weighted by atomic mass is 10.1. The van der Waals surface area contributed by atoms with Crippen molar-refractivity contribution in [1.29, 1.82) is 0 Å². The number of carbonyl (C=O) groups is 1. The Hall–Kier alpha value is -1.92. The second kappa shape index (κ2) is 9.05. The predicted molar refractivity (Wildman–Crippen MR) is 118 cm³/mol. The Balaban J connectivity index is 1.89. The Labute approximate surface area is 181 Å². The van der Waals surface area contributed by atoms with Crippen molar-refractivity contribution in [2.24, 2.45) is 0 Å². The van der Waals surface area contributed by atoms with Crippen LogP contribution in [0.25, 0.3) is 10.9 Å². The van der Waals surface area contributed by atoms with Crippen LogP contribution < -0.4 is 4.74 Å². The normalized spacial score (nSPS) is 11.0. The quantitative estimate of drug-likeness (QED) is 0.381. The van der Waals surface area contributed by atoms with Crippen molar-refractivity contribution in [1.82, 2.24) is 4.98 Å². The number of ether oxygens (including phenoxy) is 1. The van der Waals surface area contributed by atoms with Gasteiger partial charge in [0.25, 0.3) is 0 Å². The van der Waals surface area contributed by atoms with Gasteiger partial charge in [0.1, 0.15) is 5.75 Å². The Kier molecular flexibility index (Phi) is 6.73. The third-order valence-electron chi connectivity index (χ3n) is 4.45. The SMILES string of the molecule is CCCc1cc(C)c2cc(Oc3c(Br)cc(CCC(=O)O)cc3Br)ccc2n1. The number of hydrogen-bond acceptors (Lipinski definition) is 3. The minimum absolute atomic E-state index is 0.0933. The molecule has 146 valence electrons. The summed E-state index contributed by atoms with van der Waals surface area (Å²) in [5.74, 6) is 0.571. The van der Waals surface area contributed by atoms with Crippen LogP contribution in [0, 0.1) is 6.92 Å². The molecule has 6 heteroatoms. The van der Waals surface area contributed by atoms with Gasteiger partial charge in [-0.3, -0.25) is 9.78 Å². The van der Waals surface area contributed by atoms with Gasteiger partial charge in [0.2, 0.25) is 0 Å². The molecule has 0 atom stereocenters. The van der Waals surface area contributed by atoms with Gasteiger partial charge in [0.15, 0.2) is 5.75 Å². The summed E-state index contributed by atoms with van der Waals surface area (Å²) in [6.07, 6.45) is 2.61. The van der Waals surface area contributed by atoms with Crippen LogP contribution in [-0.4, -0.2) is 16.1 Å². The summed E-state index contributed by atoms with van der Waals surface area (Å²) in [6, 6.07) is 11.8. The molecular weight excluding hydrogens is 486 g/mol. The van der Waals surface area contributed by atoms with Crippen molar-refractivity contribution in [2.45, 2.75) is 39.5 Å². The average molecular weight is 507 g/mol. The molecule has 0 aliphatic carbocycles. The number of rotatable bonds is 7. The van der Waals surface area contributed by atoms with E-state index in [2.05, 4.69) is 51.8 Å². The Morgan fingerprint density at radius 1 is 1.11 bits per heavy atom. The molecule has 0 spiro atoms. The van der Waals surface area contributed by atoms with E-state index >= 15 is 0 Å². The van der Waals surface area contributed by atoms with Crippen molar-refractivity contribution in [3.05, 3.63) is 62.2 Å². The monoisotopic (exact) mass is 505 g/mol. The van der Waals surface area contributed by atoms with E-state index in [-0.39, 0.29) is 6.42 Å². The summed E-state index contributed by atoms with van der Waals surface area (Å²) >= 11 is 7.08. The van der Waals surface area contributed by atoms with Crippen LogP contribution in [-0.2, 0) is 17.6 Å². The molecule has 3 aromatic rings. The van der Waals surface area contributed by atoms with Crippen molar-refractivity contribution in [2.75, 3.05) is 0 Å². The van der Waals surface area contributed by atoms with Crippen LogP contribution in [0.3, 0.4) is 0 Å². The summed E-state index contributed by atoms with van der Waals surface area (Å²) in [5, 5.41) is 9.94. The first kappa shape index (κ1) is 20.8. The van der Waals surface area contributed by atoms with Gasteiger partial charge < -0.3 is 9.84 Å². The maximum absolute atomic E-state index is 10.8. The molecule has 0 saturated heterocycles. The molecule has 0 amide bonds. The summed E-state index contributed by atoms with van der Waals surface area (Å²) in [7, 11) is 0. The maximum Gasteiger partial charge on any atom is 0.303 e. The highest BCUT2D eigenvalue weighted by Crippen LogP contribution is 2.39. The summed E-state index contributed by atoms with van der Waals surface area (Å²) in [4.78, 5) is 15.5. The number of carboxylic acid groups (broad SMARTS) is 1. The molecule has 28 heavy (non-hydrogen) atoms. The number of hydrogen-bond donors (Lipinski definition) is 1. The fraction of sp³-hybridized carbons (Fsp3) is 0.273. The molecule has 1 N–H and O–H groups in total. The molecule has 0 unspecified atom stereocenters. The van der Waals surface area contributed by atoms with Gasteiger partial charge in [-0.2, -0.15) is 0 Å². The topological polar surface area (TPSA) is 59.4 Å². The van der Waals surface area contributed by atoms with E-state index in [0.717, 1.165) is 49.7 Å². The number of halogens is 2. The molecule has 0 bridgehead atoms. The van der Waals surface area contributed by atoms with E-state index in [9.17, 15) is 4.79 Å². The third-order valence-corrected chi connectivity index (χ3v) is 5.63. The van der Waals surface area contributed by atoms with Crippen LogP contribution in [0.5, 0.6) is 11.5 Å². The van der Waals surface area contributed by atoms with Crippen LogP contribution in [0.2, 0.25) is 0 Å². The van der Waals surface area contributed by atoms with Crippen molar-refractivity contribution in [3.8, 4) is 11.5 Å².